The van der Waals surface area contributed by atoms with E-state index in [1.54, 1.807) is 0 Å². The zero-order valence-electron chi connectivity index (χ0n) is 4.12. The number of ether oxygens (including phenoxy) is 1. The summed E-state index contributed by atoms with van der Waals surface area (Å²) >= 11 is 0. The fourth-order valence-corrected chi connectivity index (χ4v) is 0.204. The molecule has 0 aromatic heterocycles. The van der Waals surface area contributed by atoms with Crippen molar-refractivity contribution < 1.29 is 27.1 Å². The van der Waals surface area contributed by atoms with Crippen LogP contribution in [0.15, 0.2) is 0 Å². The Kier molecular flexibility index (Phi) is 15.1. The van der Waals surface area contributed by atoms with Gasteiger partial charge in [-0.15, -0.1) is 0 Å². The molecule has 0 rings (SSSR count). The molecule has 0 aliphatic heterocycles. The first-order valence-corrected chi connectivity index (χ1v) is 1.99. The Bertz CT molecular complexity index is 15.0. The molecule has 0 N–H and O–H groups in total. The Morgan fingerprint density at radius 3 is 1.50 bits per heavy atom. The summed E-state index contributed by atoms with van der Waals surface area (Å²) in [6.07, 6.45) is 0. The fourth-order valence-electron chi connectivity index (χ4n) is 0.204. The van der Waals surface area contributed by atoms with Crippen LogP contribution in [0, 0.1) is 0 Å². The first-order valence-electron chi connectivity index (χ1n) is 1.99. The van der Waals surface area contributed by atoms with E-state index in [9.17, 15) is 0 Å². The second kappa shape index (κ2) is 9.20. The standard InChI is InChI=1S/C4H10O.Au/c1-3-5-4-2;/h3-4H2,1-2H3;. The predicted molar refractivity (Wildman–Crippen MR) is 22.2 cm³/mol. The van der Waals surface area contributed by atoms with Crippen molar-refractivity contribution in [2.24, 2.45) is 0 Å². The quantitative estimate of drug-likeness (QED) is 0.682. The summed E-state index contributed by atoms with van der Waals surface area (Å²) in [4.78, 5) is 0. The average Bonchev–Trinajstić information content (AvgIpc) is 1.41. The number of rotatable bonds is 2. The van der Waals surface area contributed by atoms with Crippen LogP contribution in [0.3, 0.4) is 0 Å². The van der Waals surface area contributed by atoms with Crippen molar-refractivity contribution >= 4 is 0 Å². The first-order chi connectivity index (χ1) is 2.41. The van der Waals surface area contributed by atoms with Gasteiger partial charge < -0.3 is 4.74 Å². The van der Waals surface area contributed by atoms with E-state index >= 15 is 0 Å². The number of hydrogen-bond acceptors (Lipinski definition) is 1. The smallest absolute Gasteiger partial charge is 0.0437 e. The average molecular weight is 271 g/mol. The molecule has 0 aliphatic carbocycles. The van der Waals surface area contributed by atoms with E-state index in [0.29, 0.717) is 0 Å². The third-order valence-electron chi connectivity index (χ3n) is 0.408. The molecule has 0 spiro atoms. The van der Waals surface area contributed by atoms with Crippen LogP contribution >= 0.6 is 0 Å². The summed E-state index contributed by atoms with van der Waals surface area (Å²) in [6.45, 7) is 5.67. The molecule has 0 aromatic rings. The van der Waals surface area contributed by atoms with Gasteiger partial charge in [0.15, 0.2) is 0 Å². The first kappa shape index (κ1) is 9.85. The van der Waals surface area contributed by atoms with Crippen LogP contribution in [0.1, 0.15) is 13.8 Å². The van der Waals surface area contributed by atoms with Crippen LogP contribution in [0.5, 0.6) is 0 Å². The molecule has 0 fully saturated rings. The number of hydrogen-bond donors (Lipinski definition) is 0. The normalized spacial score (nSPS) is 7.00. The molecule has 0 amide bonds. The van der Waals surface area contributed by atoms with Crippen molar-refractivity contribution in [3.8, 4) is 0 Å². The van der Waals surface area contributed by atoms with E-state index in [2.05, 4.69) is 0 Å². The van der Waals surface area contributed by atoms with E-state index in [1.165, 1.54) is 0 Å². The maximum atomic E-state index is 4.83. The molecule has 43 valence electrons. The van der Waals surface area contributed by atoms with E-state index in [0.717, 1.165) is 13.2 Å². The Morgan fingerprint density at radius 1 is 1.17 bits per heavy atom. The summed E-state index contributed by atoms with van der Waals surface area (Å²) in [5.41, 5.74) is 0. The summed E-state index contributed by atoms with van der Waals surface area (Å²) in [6, 6.07) is 0. The molecule has 6 heavy (non-hydrogen) atoms. The largest absolute Gasteiger partial charge is 0.382 e. The van der Waals surface area contributed by atoms with Crippen molar-refractivity contribution in [2.75, 3.05) is 13.2 Å². The van der Waals surface area contributed by atoms with E-state index in [1.807, 2.05) is 13.8 Å². The second-order valence-electron chi connectivity index (χ2n) is 0.781. The minimum atomic E-state index is 0. The van der Waals surface area contributed by atoms with Gasteiger partial charge >= 0.3 is 0 Å². The van der Waals surface area contributed by atoms with Crippen LogP contribution in [0.4, 0.5) is 0 Å². The molecule has 0 aliphatic rings. The molecule has 0 bridgehead atoms. The van der Waals surface area contributed by atoms with E-state index in [-0.39, 0.29) is 22.4 Å². The molecule has 0 heterocycles. The van der Waals surface area contributed by atoms with Gasteiger partial charge in [-0.2, -0.15) is 0 Å². The molecular formula is C4H10AuO. The van der Waals surface area contributed by atoms with Crippen molar-refractivity contribution in [1.29, 1.82) is 0 Å². The fraction of sp³-hybridized carbons (Fsp3) is 1.00. The summed E-state index contributed by atoms with van der Waals surface area (Å²) < 4.78 is 4.83. The van der Waals surface area contributed by atoms with Gasteiger partial charge in [-0.05, 0) is 13.8 Å². The van der Waals surface area contributed by atoms with Crippen molar-refractivity contribution in [3.63, 3.8) is 0 Å². The summed E-state index contributed by atoms with van der Waals surface area (Å²) in [5, 5.41) is 0. The maximum absolute atomic E-state index is 4.83. The van der Waals surface area contributed by atoms with Crippen LogP contribution in [0.2, 0.25) is 0 Å². The van der Waals surface area contributed by atoms with Gasteiger partial charge in [0.1, 0.15) is 0 Å². The monoisotopic (exact) mass is 271 g/mol. The van der Waals surface area contributed by atoms with E-state index in [4.69, 9.17) is 4.74 Å². The molecule has 0 atom stereocenters. The van der Waals surface area contributed by atoms with Crippen LogP contribution in [0.25, 0.3) is 0 Å². The molecular weight excluding hydrogens is 261 g/mol. The van der Waals surface area contributed by atoms with Gasteiger partial charge in [-0.25, -0.2) is 0 Å². The molecule has 1 radical (unpaired) electrons. The molecule has 0 unspecified atom stereocenters. The van der Waals surface area contributed by atoms with Crippen molar-refractivity contribution in [1.82, 2.24) is 0 Å². The third-order valence-corrected chi connectivity index (χ3v) is 0.408. The van der Waals surface area contributed by atoms with Crippen LogP contribution in [-0.4, -0.2) is 13.2 Å². The van der Waals surface area contributed by atoms with Gasteiger partial charge in [-0.3, -0.25) is 0 Å². The van der Waals surface area contributed by atoms with E-state index < -0.39 is 0 Å². The van der Waals surface area contributed by atoms with Crippen molar-refractivity contribution in [2.45, 2.75) is 13.8 Å². The Morgan fingerprint density at radius 2 is 1.50 bits per heavy atom. The molecule has 1 nitrogen and oxygen atoms in total. The maximum Gasteiger partial charge on any atom is 0.0437 e. The minimum absolute atomic E-state index is 0. The third kappa shape index (κ3) is 8.83. The van der Waals surface area contributed by atoms with Crippen molar-refractivity contribution in [3.05, 3.63) is 0 Å². The Labute approximate surface area is 54.6 Å². The zero-order chi connectivity index (χ0) is 4.12. The predicted octanol–water partition coefficient (Wildman–Crippen LogP) is 1.04. The molecule has 2 heteroatoms. The topological polar surface area (TPSA) is 9.23 Å². The molecule has 0 saturated carbocycles. The SMILES string of the molecule is CCOCC.[Au]. The van der Waals surface area contributed by atoms with Gasteiger partial charge in [0.05, 0.1) is 0 Å². The molecule has 0 aromatic carbocycles. The van der Waals surface area contributed by atoms with Crippen LogP contribution < -0.4 is 0 Å². The van der Waals surface area contributed by atoms with Gasteiger partial charge in [0.25, 0.3) is 0 Å². The Balaban J connectivity index is 0. The minimum Gasteiger partial charge on any atom is -0.382 e. The summed E-state index contributed by atoms with van der Waals surface area (Å²) in [5.74, 6) is 0. The summed E-state index contributed by atoms with van der Waals surface area (Å²) in [7, 11) is 0. The molecule has 0 saturated heterocycles. The van der Waals surface area contributed by atoms with Gasteiger partial charge in [0.2, 0.25) is 0 Å². The second-order valence-corrected chi connectivity index (χ2v) is 0.781. The Hall–Kier alpha value is 0.700. The zero-order valence-corrected chi connectivity index (χ0v) is 6.29. The van der Waals surface area contributed by atoms with Crippen LogP contribution in [-0.2, 0) is 27.1 Å². The van der Waals surface area contributed by atoms with Gasteiger partial charge in [-0.1, -0.05) is 0 Å². The van der Waals surface area contributed by atoms with Gasteiger partial charge in [0, 0.05) is 35.6 Å².